The largest absolute Gasteiger partial charge is 0.379 e. The topological polar surface area (TPSA) is 52.6 Å². The van der Waals surface area contributed by atoms with Crippen LogP contribution in [0.1, 0.15) is 54.4 Å². The molecule has 0 spiro atoms. The Morgan fingerprint density at radius 3 is 2.30 bits per heavy atom. The van der Waals surface area contributed by atoms with Crippen molar-refractivity contribution in [3.05, 3.63) is 0 Å². The Morgan fingerprint density at radius 1 is 1.20 bits per heavy atom. The van der Waals surface area contributed by atoms with E-state index in [-0.39, 0.29) is 16.7 Å². The number of likely N-dealkylation sites (tertiary alicyclic amines) is 1. The highest BCUT2D eigenvalue weighted by Gasteiger charge is 2.42. The lowest BCUT2D eigenvalue weighted by Gasteiger charge is -2.41. The van der Waals surface area contributed by atoms with Crippen LogP contribution in [-0.2, 0) is 4.79 Å². The van der Waals surface area contributed by atoms with Crippen molar-refractivity contribution in [1.29, 1.82) is 0 Å². The lowest BCUT2D eigenvalue weighted by atomic mass is 9.88. The molecule has 1 atom stereocenters. The highest BCUT2D eigenvalue weighted by molar-refractivity contribution is 5.86. The molecule has 0 aromatic carbocycles. The van der Waals surface area contributed by atoms with Crippen LogP contribution in [0.3, 0.4) is 0 Å². The normalized spacial score (nSPS) is 25.1. The van der Waals surface area contributed by atoms with Crippen LogP contribution >= 0.6 is 0 Å². The van der Waals surface area contributed by atoms with Gasteiger partial charge in [-0.1, -0.05) is 41.5 Å². The fraction of sp³-hybridized carbons (Fsp3) is 0.938. The monoisotopic (exact) mass is 284 g/mol. The Bertz CT molecular complexity index is 341. The third kappa shape index (κ3) is 5.41. The third-order valence-corrected chi connectivity index (χ3v) is 3.44. The van der Waals surface area contributed by atoms with Gasteiger partial charge in [-0.15, -0.1) is 0 Å². The molecule has 0 aromatic heterocycles. The Morgan fingerprint density at radius 2 is 1.80 bits per heavy atom. The molecule has 0 saturated carbocycles. The minimum absolute atomic E-state index is 0.0623. The number of piperidine rings is 1. The van der Waals surface area contributed by atoms with E-state index in [2.05, 4.69) is 46.9 Å². The second kappa shape index (κ2) is 6.02. The molecule has 1 fully saturated rings. The molecule has 0 bridgehead atoms. The van der Waals surface area contributed by atoms with Crippen LogP contribution in [0.2, 0.25) is 0 Å². The van der Waals surface area contributed by atoms with Crippen LogP contribution < -0.4 is 5.32 Å². The number of hydrogen-bond donors (Lipinski definition) is 2. The van der Waals surface area contributed by atoms with E-state index in [4.69, 9.17) is 0 Å². The quantitative estimate of drug-likeness (QED) is 0.830. The summed E-state index contributed by atoms with van der Waals surface area (Å²) in [6.45, 7) is 15.4. The van der Waals surface area contributed by atoms with Crippen molar-refractivity contribution >= 4 is 5.91 Å². The summed E-state index contributed by atoms with van der Waals surface area (Å²) in [4.78, 5) is 14.3. The molecule has 1 saturated heterocycles. The molecule has 118 valence electrons. The minimum atomic E-state index is -1.23. The molecule has 1 rings (SSSR count). The molecule has 0 aromatic rings. The van der Waals surface area contributed by atoms with E-state index >= 15 is 0 Å². The van der Waals surface area contributed by atoms with Gasteiger partial charge in [0.1, 0.15) is 0 Å². The van der Waals surface area contributed by atoms with Crippen molar-refractivity contribution in [1.82, 2.24) is 10.2 Å². The number of amides is 1. The molecular formula is C16H32N2O2. The fourth-order valence-corrected chi connectivity index (χ4v) is 2.60. The molecule has 20 heavy (non-hydrogen) atoms. The first kappa shape index (κ1) is 17.4. The zero-order valence-electron chi connectivity index (χ0n) is 14.0. The second-order valence-electron chi connectivity index (χ2n) is 8.59. The van der Waals surface area contributed by atoms with Gasteiger partial charge in [0, 0.05) is 26.2 Å². The summed E-state index contributed by atoms with van der Waals surface area (Å²) in [7, 11) is 0. The summed E-state index contributed by atoms with van der Waals surface area (Å²) < 4.78 is 0. The second-order valence-corrected chi connectivity index (χ2v) is 8.59. The lowest BCUT2D eigenvalue weighted by molar-refractivity contribution is -0.158. The molecule has 4 heteroatoms. The minimum Gasteiger partial charge on any atom is -0.379 e. The van der Waals surface area contributed by atoms with Crippen LogP contribution in [0.15, 0.2) is 0 Å². The third-order valence-electron chi connectivity index (χ3n) is 3.44. The van der Waals surface area contributed by atoms with Gasteiger partial charge in [0.25, 0.3) is 5.91 Å². The van der Waals surface area contributed by atoms with Crippen molar-refractivity contribution < 1.29 is 9.90 Å². The molecule has 1 amide bonds. The van der Waals surface area contributed by atoms with Gasteiger partial charge in [-0.25, -0.2) is 0 Å². The maximum atomic E-state index is 12.5. The maximum Gasteiger partial charge on any atom is 0.255 e. The average Bonchev–Trinajstić information content (AvgIpc) is 2.21. The van der Waals surface area contributed by atoms with E-state index in [1.165, 1.54) is 0 Å². The lowest BCUT2D eigenvalue weighted by Crippen LogP contribution is -2.59. The van der Waals surface area contributed by atoms with Gasteiger partial charge in [0.05, 0.1) is 0 Å². The number of carbonyl (C=O) groups excluding carboxylic acids is 1. The van der Waals surface area contributed by atoms with Gasteiger partial charge in [-0.05, 0) is 23.7 Å². The summed E-state index contributed by atoms with van der Waals surface area (Å²) in [6, 6.07) is 0. The number of aliphatic hydroxyl groups is 1. The standard InChI is InChI=1S/C16H32N2O2/c1-14(2,3)10-17-11-16(20)8-7-9-18(13(16)19)12-15(4,5)6/h17,20H,7-12H2,1-6H3/t16-/m0/s1. The van der Waals surface area contributed by atoms with E-state index < -0.39 is 5.60 Å². The molecule has 2 N–H and O–H groups in total. The molecule has 1 aliphatic heterocycles. The number of nitrogens with one attached hydrogen (secondary N) is 1. The molecule has 1 aliphatic rings. The Hall–Kier alpha value is -0.610. The number of rotatable bonds is 4. The predicted octanol–water partition coefficient (Wildman–Crippen LogP) is 2.02. The fourth-order valence-electron chi connectivity index (χ4n) is 2.60. The molecule has 4 nitrogen and oxygen atoms in total. The summed E-state index contributed by atoms with van der Waals surface area (Å²) in [5.74, 6) is -0.111. The zero-order valence-corrected chi connectivity index (χ0v) is 14.0. The Labute approximate surface area is 123 Å². The van der Waals surface area contributed by atoms with Crippen molar-refractivity contribution in [2.24, 2.45) is 10.8 Å². The van der Waals surface area contributed by atoms with Crippen LogP contribution in [0.25, 0.3) is 0 Å². The van der Waals surface area contributed by atoms with E-state index in [1.807, 2.05) is 4.90 Å². The van der Waals surface area contributed by atoms with Crippen molar-refractivity contribution in [2.45, 2.75) is 60.0 Å². The van der Waals surface area contributed by atoms with E-state index in [0.717, 1.165) is 19.5 Å². The van der Waals surface area contributed by atoms with Crippen molar-refractivity contribution in [3.63, 3.8) is 0 Å². The van der Waals surface area contributed by atoms with Gasteiger partial charge >= 0.3 is 0 Å². The smallest absolute Gasteiger partial charge is 0.255 e. The van der Waals surface area contributed by atoms with Gasteiger partial charge in [0.15, 0.2) is 5.60 Å². The summed E-state index contributed by atoms with van der Waals surface area (Å²) in [6.07, 6.45) is 1.43. The molecule has 1 heterocycles. The first-order valence-corrected chi connectivity index (χ1v) is 7.66. The van der Waals surface area contributed by atoms with Crippen LogP contribution in [0.4, 0.5) is 0 Å². The molecule has 0 unspecified atom stereocenters. The molecular weight excluding hydrogens is 252 g/mol. The summed E-state index contributed by atoms with van der Waals surface area (Å²) in [5.41, 5.74) is -1.01. The zero-order chi connectivity index (χ0) is 15.6. The number of nitrogens with zero attached hydrogens (tertiary/aromatic N) is 1. The van der Waals surface area contributed by atoms with Gasteiger partial charge in [0.2, 0.25) is 0 Å². The predicted molar refractivity (Wildman–Crippen MR) is 82.5 cm³/mol. The SMILES string of the molecule is CC(C)(C)CNC[C@@]1(O)CCCN(CC(C)(C)C)C1=O. The Kier molecular flexibility index (Phi) is 5.25. The van der Waals surface area contributed by atoms with Gasteiger partial charge < -0.3 is 15.3 Å². The molecule has 0 aliphatic carbocycles. The number of hydrogen-bond acceptors (Lipinski definition) is 3. The first-order valence-electron chi connectivity index (χ1n) is 7.66. The average molecular weight is 284 g/mol. The highest BCUT2D eigenvalue weighted by atomic mass is 16.3. The molecule has 0 radical (unpaired) electrons. The van der Waals surface area contributed by atoms with Crippen LogP contribution in [-0.4, -0.2) is 47.7 Å². The van der Waals surface area contributed by atoms with Gasteiger partial charge in [-0.3, -0.25) is 4.79 Å². The van der Waals surface area contributed by atoms with Crippen LogP contribution in [0.5, 0.6) is 0 Å². The maximum absolute atomic E-state index is 12.5. The summed E-state index contributed by atoms with van der Waals surface area (Å²) >= 11 is 0. The van der Waals surface area contributed by atoms with Crippen molar-refractivity contribution in [3.8, 4) is 0 Å². The van der Waals surface area contributed by atoms with Gasteiger partial charge in [-0.2, -0.15) is 0 Å². The van der Waals surface area contributed by atoms with E-state index in [0.29, 0.717) is 19.5 Å². The summed E-state index contributed by atoms with van der Waals surface area (Å²) in [5, 5.41) is 13.9. The first-order chi connectivity index (χ1) is 8.93. The highest BCUT2D eigenvalue weighted by Crippen LogP contribution is 2.26. The Balaban J connectivity index is 2.62. The van der Waals surface area contributed by atoms with Crippen molar-refractivity contribution in [2.75, 3.05) is 26.2 Å². The van der Waals surface area contributed by atoms with Crippen LogP contribution in [0, 0.1) is 10.8 Å². The van der Waals surface area contributed by atoms with E-state index in [1.54, 1.807) is 0 Å². The number of carbonyl (C=O) groups is 1. The van der Waals surface area contributed by atoms with E-state index in [9.17, 15) is 9.90 Å².